The van der Waals surface area contributed by atoms with E-state index < -0.39 is 5.97 Å². The summed E-state index contributed by atoms with van der Waals surface area (Å²) in [5, 5.41) is 0.478. The third-order valence-electron chi connectivity index (χ3n) is 2.58. The van der Waals surface area contributed by atoms with Crippen molar-refractivity contribution in [2.24, 2.45) is 0 Å². The number of benzene rings is 1. The predicted molar refractivity (Wildman–Crippen MR) is 73.2 cm³/mol. The maximum atomic E-state index is 11.4. The van der Waals surface area contributed by atoms with Crippen LogP contribution < -0.4 is 0 Å². The van der Waals surface area contributed by atoms with E-state index in [4.69, 9.17) is 9.15 Å². The summed E-state index contributed by atoms with van der Waals surface area (Å²) in [6.45, 7) is 4.15. The molecule has 0 unspecified atom stereocenters. The van der Waals surface area contributed by atoms with Crippen LogP contribution in [0, 0.1) is 6.92 Å². The van der Waals surface area contributed by atoms with Crippen LogP contribution in [-0.2, 0) is 10.5 Å². The van der Waals surface area contributed by atoms with Crippen molar-refractivity contribution in [2.75, 3.05) is 6.61 Å². The van der Waals surface area contributed by atoms with E-state index in [9.17, 15) is 4.79 Å². The fraction of sp³-hybridized carbons (Fsp3) is 0.286. The van der Waals surface area contributed by atoms with E-state index in [2.05, 4.69) is 24.0 Å². The number of nitrogens with zero attached hydrogens (tertiary/aromatic N) is 1. The van der Waals surface area contributed by atoms with Gasteiger partial charge in [-0.2, -0.15) is 4.98 Å². The van der Waals surface area contributed by atoms with Crippen LogP contribution in [0.4, 0.5) is 0 Å². The summed E-state index contributed by atoms with van der Waals surface area (Å²) >= 11 is 1.46. The molecule has 100 valence electrons. The van der Waals surface area contributed by atoms with Crippen molar-refractivity contribution in [3.05, 3.63) is 47.3 Å². The molecule has 19 heavy (non-hydrogen) atoms. The summed E-state index contributed by atoms with van der Waals surface area (Å²) < 4.78 is 10.1. The van der Waals surface area contributed by atoms with Gasteiger partial charge in [0.15, 0.2) is 5.69 Å². The molecule has 2 rings (SSSR count). The molecular weight excluding hydrogens is 262 g/mol. The molecule has 4 nitrogen and oxygen atoms in total. The number of hydrogen-bond donors (Lipinski definition) is 0. The highest BCUT2D eigenvalue weighted by Gasteiger charge is 2.13. The van der Waals surface area contributed by atoms with Gasteiger partial charge >= 0.3 is 5.97 Å². The molecule has 1 aromatic carbocycles. The topological polar surface area (TPSA) is 52.3 Å². The quantitative estimate of drug-likeness (QED) is 0.619. The second kappa shape index (κ2) is 6.43. The van der Waals surface area contributed by atoms with Crippen molar-refractivity contribution in [3.8, 4) is 0 Å². The van der Waals surface area contributed by atoms with E-state index in [0.717, 1.165) is 5.75 Å². The minimum atomic E-state index is -0.450. The van der Waals surface area contributed by atoms with Gasteiger partial charge in [0.1, 0.15) is 6.26 Å². The zero-order valence-corrected chi connectivity index (χ0v) is 11.7. The number of carbonyl (C=O) groups is 1. The number of hydrogen-bond acceptors (Lipinski definition) is 5. The SMILES string of the molecule is CCOC(=O)c1coc(SCc2ccccc2C)n1. The summed E-state index contributed by atoms with van der Waals surface area (Å²) in [5.41, 5.74) is 2.67. The normalized spacial score (nSPS) is 10.4. The number of esters is 1. The third kappa shape index (κ3) is 3.61. The van der Waals surface area contributed by atoms with Crippen LogP contribution in [0.25, 0.3) is 0 Å². The molecule has 0 bridgehead atoms. The first-order valence-corrected chi connectivity index (χ1v) is 6.99. The Kier molecular flexibility index (Phi) is 4.63. The van der Waals surface area contributed by atoms with Crippen LogP contribution in [0.15, 0.2) is 40.2 Å². The number of carbonyl (C=O) groups excluding carboxylic acids is 1. The van der Waals surface area contributed by atoms with Crippen LogP contribution in [0.2, 0.25) is 0 Å². The Bertz CT molecular complexity index is 565. The molecule has 0 amide bonds. The van der Waals surface area contributed by atoms with Gasteiger partial charge in [0, 0.05) is 5.75 Å². The number of aromatic nitrogens is 1. The van der Waals surface area contributed by atoms with E-state index in [-0.39, 0.29) is 5.69 Å². The van der Waals surface area contributed by atoms with Gasteiger partial charge < -0.3 is 9.15 Å². The summed E-state index contributed by atoms with van der Waals surface area (Å²) in [7, 11) is 0. The Morgan fingerprint density at radius 1 is 1.42 bits per heavy atom. The molecule has 0 saturated carbocycles. The predicted octanol–water partition coefficient (Wildman–Crippen LogP) is 3.45. The van der Waals surface area contributed by atoms with Crippen LogP contribution in [0.3, 0.4) is 0 Å². The average molecular weight is 277 g/mol. The van der Waals surface area contributed by atoms with Crippen molar-refractivity contribution < 1.29 is 13.9 Å². The molecule has 0 spiro atoms. The highest BCUT2D eigenvalue weighted by Crippen LogP contribution is 2.23. The summed E-state index contributed by atoms with van der Waals surface area (Å²) in [5.74, 6) is 0.309. The molecule has 0 aliphatic heterocycles. The first-order chi connectivity index (χ1) is 9.20. The van der Waals surface area contributed by atoms with Crippen LogP contribution in [0.1, 0.15) is 28.5 Å². The smallest absolute Gasteiger partial charge is 0.360 e. The van der Waals surface area contributed by atoms with Gasteiger partial charge in [-0.3, -0.25) is 0 Å². The number of ether oxygens (including phenoxy) is 1. The van der Waals surface area contributed by atoms with Crippen molar-refractivity contribution in [3.63, 3.8) is 0 Å². The van der Waals surface area contributed by atoms with Gasteiger partial charge in [-0.25, -0.2) is 4.79 Å². The Morgan fingerprint density at radius 2 is 2.21 bits per heavy atom. The number of oxazole rings is 1. The molecule has 0 saturated heterocycles. The molecule has 0 aliphatic carbocycles. The molecule has 2 aromatic rings. The molecule has 0 atom stereocenters. The minimum Gasteiger partial charge on any atom is -0.461 e. The summed E-state index contributed by atoms with van der Waals surface area (Å²) in [6.07, 6.45) is 1.33. The maximum Gasteiger partial charge on any atom is 0.360 e. The van der Waals surface area contributed by atoms with Gasteiger partial charge in [0.2, 0.25) is 0 Å². The lowest BCUT2D eigenvalue weighted by Gasteiger charge is -2.02. The second-order valence-electron chi connectivity index (χ2n) is 3.93. The fourth-order valence-electron chi connectivity index (χ4n) is 1.53. The van der Waals surface area contributed by atoms with Gasteiger partial charge in [0.25, 0.3) is 5.22 Å². The highest BCUT2D eigenvalue weighted by atomic mass is 32.2. The largest absolute Gasteiger partial charge is 0.461 e. The minimum absolute atomic E-state index is 0.217. The van der Waals surface area contributed by atoms with Crippen LogP contribution >= 0.6 is 11.8 Å². The van der Waals surface area contributed by atoms with Crippen molar-refractivity contribution >= 4 is 17.7 Å². The Morgan fingerprint density at radius 3 is 2.95 bits per heavy atom. The molecule has 5 heteroatoms. The lowest BCUT2D eigenvalue weighted by Crippen LogP contribution is -2.04. The van der Waals surface area contributed by atoms with Crippen molar-refractivity contribution in [2.45, 2.75) is 24.8 Å². The number of thioether (sulfide) groups is 1. The van der Waals surface area contributed by atoms with Crippen LogP contribution in [-0.4, -0.2) is 17.6 Å². The molecule has 0 N–H and O–H groups in total. The zero-order chi connectivity index (χ0) is 13.7. The molecule has 0 radical (unpaired) electrons. The number of rotatable bonds is 5. The lowest BCUT2D eigenvalue weighted by atomic mass is 10.1. The summed E-state index contributed by atoms with van der Waals surface area (Å²) in [4.78, 5) is 15.5. The van der Waals surface area contributed by atoms with E-state index in [1.54, 1.807) is 6.92 Å². The Labute approximate surface area is 116 Å². The van der Waals surface area contributed by atoms with Gasteiger partial charge in [-0.15, -0.1) is 0 Å². The Balaban J connectivity index is 1.97. The lowest BCUT2D eigenvalue weighted by molar-refractivity contribution is 0.0519. The second-order valence-corrected chi connectivity index (χ2v) is 4.86. The number of aryl methyl sites for hydroxylation is 1. The zero-order valence-electron chi connectivity index (χ0n) is 10.9. The monoisotopic (exact) mass is 277 g/mol. The van der Waals surface area contributed by atoms with E-state index in [1.165, 1.54) is 29.2 Å². The maximum absolute atomic E-state index is 11.4. The van der Waals surface area contributed by atoms with E-state index in [1.807, 2.05) is 12.1 Å². The first-order valence-electron chi connectivity index (χ1n) is 6.00. The third-order valence-corrected chi connectivity index (χ3v) is 3.47. The van der Waals surface area contributed by atoms with Crippen molar-refractivity contribution in [1.29, 1.82) is 0 Å². The standard InChI is InChI=1S/C14H15NO3S/c1-3-17-13(16)12-8-18-14(15-12)19-9-11-7-5-4-6-10(11)2/h4-8H,3,9H2,1-2H3. The molecule has 1 heterocycles. The molecular formula is C14H15NO3S. The molecule has 0 aliphatic rings. The van der Waals surface area contributed by atoms with Gasteiger partial charge in [-0.1, -0.05) is 36.0 Å². The van der Waals surface area contributed by atoms with Gasteiger partial charge in [0.05, 0.1) is 6.61 Å². The van der Waals surface area contributed by atoms with E-state index >= 15 is 0 Å². The Hall–Kier alpha value is -1.75. The van der Waals surface area contributed by atoms with E-state index in [0.29, 0.717) is 11.8 Å². The van der Waals surface area contributed by atoms with Gasteiger partial charge in [-0.05, 0) is 25.0 Å². The summed E-state index contributed by atoms with van der Waals surface area (Å²) in [6, 6.07) is 8.14. The molecule has 1 aromatic heterocycles. The highest BCUT2D eigenvalue weighted by molar-refractivity contribution is 7.98. The molecule has 0 fully saturated rings. The fourth-order valence-corrected chi connectivity index (χ4v) is 2.42. The van der Waals surface area contributed by atoms with Crippen molar-refractivity contribution in [1.82, 2.24) is 4.98 Å². The average Bonchev–Trinajstić information content (AvgIpc) is 2.87. The van der Waals surface area contributed by atoms with Crippen LogP contribution in [0.5, 0.6) is 0 Å². The first kappa shape index (κ1) is 13.7.